The summed E-state index contributed by atoms with van der Waals surface area (Å²) >= 11 is 0. The number of hydrogen-bond donors (Lipinski definition) is 1. The number of carbonyl (C=O) groups excluding carboxylic acids is 1. The monoisotopic (exact) mass is 293 g/mol. The lowest BCUT2D eigenvalue weighted by Crippen LogP contribution is -2.10. The standard InChI is InChI=1S/C18H15NO3/c1-22-14-8-6-12(7-9-14)17(20)10-13-11-18(21)15-4-2-3-5-16(15)19-13/h2-9,11H,10H2,1H3,(H,19,21). The molecule has 0 aliphatic rings. The van der Waals surface area contributed by atoms with Crippen LogP contribution in [0.15, 0.2) is 59.4 Å². The first-order valence-electron chi connectivity index (χ1n) is 6.95. The Morgan fingerprint density at radius 3 is 2.55 bits per heavy atom. The number of nitrogens with one attached hydrogen (secondary N) is 1. The molecular formula is C18H15NO3. The first-order chi connectivity index (χ1) is 10.7. The van der Waals surface area contributed by atoms with Crippen LogP contribution in [-0.4, -0.2) is 17.9 Å². The third-order valence-electron chi connectivity index (χ3n) is 3.56. The van der Waals surface area contributed by atoms with E-state index in [1.54, 1.807) is 37.4 Å². The van der Waals surface area contributed by atoms with Gasteiger partial charge in [0.25, 0.3) is 0 Å². The van der Waals surface area contributed by atoms with Gasteiger partial charge in [0, 0.05) is 28.2 Å². The molecule has 1 heterocycles. The molecule has 0 radical (unpaired) electrons. The van der Waals surface area contributed by atoms with E-state index in [-0.39, 0.29) is 17.6 Å². The lowest BCUT2D eigenvalue weighted by molar-refractivity contribution is 0.0992. The fraction of sp³-hybridized carbons (Fsp3) is 0.111. The zero-order valence-electron chi connectivity index (χ0n) is 12.1. The fourth-order valence-electron chi connectivity index (χ4n) is 2.40. The van der Waals surface area contributed by atoms with Crippen molar-refractivity contribution in [3.63, 3.8) is 0 Å². The van der Waals surface area contributed by atoms with E-state index in [0.29, 0.717) is 22.4 Å². The van der Waals surface area contributed by atoms with Gasteiger partial charge in [-0.1, -0.05) is 12.1 Å². The molecule has 22 heavy (non-hydrogen) atoms. The number of Topliss-reactive ketones (excluding diaryl/α,β-unsaturated/α-hetero) is 1. The highest BCUT2D eigenvalue weighted by Gasteiger charge is 2.09. The molecule has 2 aromatic carbocycles. The van der Waals surface area contributed by atoms with Crippen molar-refractivity contribution in [1.29, 1.82) is 0 Å². The number of rotatable bonds is 4. The van der Waals surface area contributed by atoms with E-state index >= 15 is 0 Å². The molecule has 0 bridgehead atoms. The number of para-hydroxylation sites is 1. The lowest BCUT2D eigenvalue weighted by Gasteiger charge is -2.05. The molecule has 0 aliphatic heterocycles. The van der Waals surface area contributed by atoms with Gasteiger partial charge in [-0.05, 0) is 36.4 Å². The van der Waals surface area contributed by atoms with Gasteiger partial charge in [-0.3, -0.25) is 9.59 Å². The van der Waals surface area contributed by atoms with Gasteiger partial charge in [0.1, 0.15) is 5.75 Å². The predicted octanol–water partition coefficient (Wildman–Crippen LogP) is 2.96. The van der Waals surface area contributed by atoms with Gasteiger partial charge in [0.05, 0.1) is 13.5 Å². The SMILES string of the molecule is COc1ccc(C(=O)Cc2cc(=O)c3ccccc3[nH]2)cc1. The van der Waals surface area contributed by atoms with Crippen molar-refractivity contribution >= 4 is 16.7 Å². The average Bonchev–Trinajstić information content (AvgIpc) is 2.55. The number of pyridine rings is 1. The summed E-state index contributed by atoms with van der Waals surface area (Å²) in [5, 5.41) is 0.628. The van der Waals surface area contributed by atoms with E-state index in [0.717, 1.165) is 5.52 Å². The maximum absolute atomic E-state index is 12.3. The summed E-state index contributed by atoms with van der Waals surface area (Å²) in [7, 11) is 1.58. The summed E-state index contributed by atoms with van der Waals surface area (Å²) in [6, 6.07) is 15.7. The van der Waals surface area contributed by atoms with Crippen molar-refractivity contribution in [3.05, 3.63) is 76.1 Å². The lowest BCUT2D eigenvalue weighted by atomic mass is 10.1. The number of benzene rings is 2. The summed E-state index contributed by atoms with van der Waals surface area (Å²) < 4.78 is 5.07. The highest BCUT2D eigenvalue weighted by Crippen LogP contribution is 2.14. The molecule has 0 unspecified atom stereocenters. The smallest absolute Gasteiger partial charge is 0.189 e. The second-order valence-corrected chi connectivity index (χ2v) is 5.03. The molecule has 1 N–H and O–H groups in total. The molecule has 0 saturated carbocycles. The molecule has 3 rings (SSSR count). The number of aromatic nitrogens is 1. The number of H-pyrrole nitrogens is 1. The number of ether oxygens (including phenoxy) is 1. The van der Waals surface area contributed by atoms with Crippen molar-refractivity contribution < 1.29 is 9.53 Å². The molecule has 0 atom stereocenters. The van der Waals surface area contributed by atoms with Crippen LogP contribution in [0.25, 0.3) is 10.9 Å². The summed E-state index contributed by atoms with van der Waals surface area (Å²) in [5.41, 5.74) is 1.87. The zero-order valence-corrected chi connectivity index (χ0v) is 12.1. The Balaban J connectivity index is 1.88. The molecule has 3 aromatic rings. The van der Waals surface area contributed by atoms with Crippen LogP contribution in [0.3, 0.4) is 0 Å². The van der Waals surface area contributed by atoms with Crippen molar-refractivity contribution in [2.75, 3.05) is 7.11 Å². The maximum atomic E-state index is 12.3. The van der Waals surface area contributed by atoms with Gasteiger partial charge in [-0.25, -0.2) is 0 Å². The first-order valence-corrected chi connectivity index (χ1v) is 6.95. The highest BCUT2D eigenvalue weighted by molar-refractivity contribution is 5.97. The minimum absolute atomic E-state index is 0.0476. The van der Waals surface area contributed by atoms with Gasteiger partial charge >= 0.3 is 0 Å². The Morgan fingerprint density at radius 2 is 1.82 bits per heavy atom. The van der Waals surface area contributed by atoms with Crippen LogP contribution < -0.4 is 10.2 Å². The van der Waals surface area contributed by atoms with Crippen molar-refractivity contribution in [1.82, 2.24) is 4.98 Å². The zero-order chi connectivity index (χ0) is 15.5. The molecule has 1 aromatic heterocycles. The van der Waals surface area contributed by atoms with E-state index in [1.807, 2.05) is 18.2 Å². The molecular weight excluding hydrogens is 278 g/mol. The van der Waals surface area contributed by atoms with Crippen LogP contribution in [0.4, 0.5) is 0 Å². The van der Waals surface area contributed by atoms with E-state index in [4.69, 9.17) is 4.74 Å². The van der Waals surface area contributed by atoms with Crippen molar-refractivity contribution in [2.45, 2.75) is 6.42 Å². The minimum Gasteiger partial charge on any atom is -0.497 e. The molecule has 0 fully saturated rings. The van der Waals surface area contributed by atoms with Gasteiger partial charge in [-0.15, -0.1) is 0 Å². The van der Waals surface area contributed by atoms with Crippen LogP contribution in [0.5, 0.6) is 5.75 Å². The minimum atomic E-state index is -0.0770. The number of fused-ring (bicyclic) bond motifs is 1. The summed E-state index contributed by atoms with van der Waals surface area (Å²) in [6.45, 7) is 0. The molecule has 0 aliphatic carbocycles. The van der Waals surface area contributed by atoms with Crippen LogP contribution in [0.1, 0.15) is 16.1 Å². The van der Waals surface area contributed by atoms with Gasteiger partial charge < -0.3 is 9.72 Å². The molecule has 0 amide bonds. The first kappa shape index (κ1) is 14.1. The second-order valence-electron chi connectivity index (χ2n) is 5.03. The maximum Gasteiger partial charge on any atom is 0.189 e. The Labute approximate surface area is 127 Å². The number of methoxy groups -OCH3 is 1. The summed E-state index contributed by atoms with van der Waals surface area (Å²) in [4.78, 5) is 27.5. The Kier molecular flexibility index (Phi) is 3.74. The Bertz CT molecular complexity index is 879. The van der Waals surface area contributed by atoms with Gasteiger partial charge in [-0.2, -0.15) is 0 Å². The number of ketones is 1. The van der Waals surface area contributed by atoms with E-state index < -0.39 is 0 Å². The topological polar surface area (TPSA) is 59.2 Å². The van der Waals surface area contributed by atoms with Crippen LogP contribution in [-0.2, 0) is 6.42 Å². The average molecular weight is 293 g/mol. The summed E-state index contributed by atoms with van der Waals surface area (Å²) in [6.07, 6.45) is 0.159. The fourth-order valence-corrected chi connectivity index (χ4v) is 2.40. The van der Waals surface area contributed by atoms with Gasteiger partial charge in [0.15, 0.2) is 11.2 Å². The Morgan fingerprint density at radius 1 is 1.09 bits per heavy atom. The van der Waals surface area contributed by atoms with E-state index in [1.165, 1.54) is 6.07 Å². The van der Waals surface area contributed by atoms with Gasteiger partial charge in [0.2, 0.25) is 0 Å². The largest absolute Gasteiger partial charge is 0.497 e. The van der Waals surface area contributed by atoms with Crippen molar-refractivity contribution in [3.8, 4) is 5.75 Å². The third kappa shape index (κ3) is 2.76. The van der Waals surface area contributed by atoms with E-state index in [9.17, 15) is 9.59 Å². The summed E-state index contributed by atoms with van der Waals surface area (Å²) in [5.74, 6) is 0.657. The molecule has 4 heteroatoms. The molecule has 0 saturated heterocycles. The third-order valence-corrected chi connectivity index (χ3v) is 3.56. The normalized spacial score (nSPS) is 10.6. The number of hydrogen-bond acceptors (Lipinski definition) is 3. The predicted molar refractivity (Wildman–Crippen MR) is 85.6 cm³/mol. The highest BCUT2D eigenvalue weighted by atomic mass is 16.5. The molecule has 110 valence electrons. The van der Waals surface area contributed by atoms with Crippen LogP contribution >= 0.6 is 0 Å². The number of carbonyl (C=O) groups is 1. The molecule has 0 spiro atoms. The number of aromatic amines is 1. The molecule has 4 nitrogen and oxygen atoms in total. The van der Waals surface area contributed by atoms with Crippen LogP contribution in [0.2, 0.25) is 0 Å². The quantitative estimate of drug-likeness (QED) is 0.752. The second kappa shape index (κ2) is 5.85. The van der Waals surface area contributed by atoms with Crippen LogP contribution in [0, 0.1) is 0 Å². The Hall–Kier alpha value is -2.88. The van der Waals surface area contributed by atoms with E-state index in [2.05, 4.69) is 4.98 Å². The van der Waals surface area contributed by atoms with Crippen molar-refractivity contribution in [2.24, 2.45) is 0 Å².